The number of allylic oxidation sites excluding steroid dienone is 1. The Bertz CT molecular complexity index is 315. The summed E-state index contributed by atoms with van der Waals surface area (Å²) in [7, 11) is 0. The number of rotatable bonds is 7. The predicted octanol–water partition coefficient (Wildman–Crippen LogP) is 5.82. The van der Waals surface area contributed by atoms with Gasteiger partial charge in [-0.3, -0.25) is 0 Å². The van der Waals surface area contributed by atoms with Crippen LogP contribution in [0.5, 0.6) is 0 Å². The zero-order valence-corrected chi connectivity index (χ0v) is 11.7. The van der Waals surface area contributed by atoms with Gasteiger partial charge in [0.2, 0.25) is 0 Å². The van der Waals surface area contributed by atoms with Crippen LogP contribution in [0.2, 0.25) is 0 Å². The molecule has 0 nitrogen and oxygen atoms in total. The third kappa shape index (κ3) is 6.12. The average molecular weight is 281 g/mol. The molecule has 0 heterocycles. The number of hydrogen-bond acceptors (Lipinski definition) is 0. The maximum absolute atomic E-state index is 3.48. The predicted molar refractivity (Wildman–Crippen MR) is 76.6 cm³/mol. The van der Waals surface area contributed by atoms with Gasteiger partial charge < -0.3 is 0 Å². The van der Waals surface area contributed by atoms with Crippen LogP contribution in [0.3, 0.4) is 0 Å². The third-order valence-corrected chi connectivity index (χ3v) is 3.13. The quantitative estimate of drug-likeness (QED) is 0.552. The van der Waals surface area contributed by atoms with Crippen molar-refractivity contribution >= 4 is 22.0 Å². The molecule has 0 bridgehead atoms. The Morgan fingerprint density at radius 3 is 2.69 bits per heavy atom. The minimum atomic E-state index is 1.15. The van der Waals surface area contributed by atoms with Gasteiger partial charge in [-0.2, -0.15) is 0 Å². The first-order valence-corrected chi connectivity index (χ1v) is 7.04. The van der Waals surface area contributed by atoms with Crippen LogP contribution in [0.1, 0.15) is 51.0 Å². The van der Waals surface area contributed by atoms with Gasteiger partial charge in [0, 0.05) is 4.47 Å². The highest BCUT2D eigenvalue weighted by Crippen LogP contribution is 2.13. The Kier molecular flexibility index (Phi) is 7.24. The molecule has 0 saturated heterocycles. The van der Waals surface area contributed by atoms with Gasteiger partial charge in [-0.1, -0.05) is 72.8 Å². The summed E-state index contributed by atoms with van der Waals surface area (Å²) in [6.07, 6.45) is 12.5. The van der Waals surface area contributed by atoms with Crippen LogP contribution in [0.4, 0.5) is 0 Å². The van der Waals surface area contributed by atoms with E-state index >= 15 is 0 Å². The van der Waals surface area contributed by atoms with Crippen LogP contribution in [-0.2, 0) is 0 Å². The summed E-state index contributed by atoms with van der Waals surface area (Å²) in [6, 6.07) is 8.42. The summed E-state index contributed by atoms with van der Waals surface area (Å²) in [4.78, 5) is 0. The molecule has 0 amide bonds. The van der Waals surface area contributed by atoms with Gasteiger partial charge in [0.05, 0.1) is 0 Å². The van der Waals surface area contributed by atoms with E-state index in [1.165, 1.54) is 44.1 Å². The molecule has 88 valence electrons. The van der Waals surface area contributed by atoms with Gasteiger partial charge >= 0.3 is 0 Å². The van der Waals surface area contributed by atoms with Crippen molar-refractivity contribution in [2.45, 2.75) is 45.4 Å². The van der Waals surface area contributed by atoms with Crippen molar-refractivity contribution in [3.63, 3.8) is 0 Å². The number of benzene rings is 1. The van der Waals surface area contributed by atoms with E-state index in [2.05, 4.69) is 59.3 Å². The third-order valence-electron chi connectivity index (χ3n) is 2.63. The average Bonchev–Trinajstić information content (AvgIpc) is 2.28. The van der Waals surface area contributed by atoms with Crippen molar-refractivity contribution in [3.8, 4) is 0 Å². The van der Waals surface area contributed by atoms with E-state index in [9.17, 15) is 0 Å². The normalized spacial score (nSPS) is 11.1. The molecule has 0 aliphatic rings. The number of hydrogen-bond donors (Lipinski definition) is 0. The highest BCUT2D eigenvalue weighted by atomic mass is 79.9. The second kappa shape index (κ2) is 8.58. The van der Waals surface area contributed by atoms with Crippen molar-refractivity contribution in [1.82, 2.24) is 0 Å². The van der Waals surface area contributed by atoms with E-state index in [0.29, 0.717) is 0 Å². The van der Waals surface area contributed by atoms with Crippen molar-refractivity contribution in [2.75, 3.05) is 0 Å². The van der Waals surface area contributed by atoms with E-state index in [1.807, 2.05) is 0 Å². The molecule has 0 aromatic heterocycles. The molecule has 0 N–H and O–H groups in total. The summed E-state index contributed by atoms with van der Waals surface area (Å²) < 4.78 is 1.15. The van der Waals surface area contributed by atoms with Crippen LogP contribution in [0, 0.1) is 0 Å². The molecule has 0 aliphatic carbocycles. The smallest absolute Gasteiger partial charge is 0.0181 e. The van der Waals surface area contributed by atoms with E-state index in [4.69, 9.17) is 0 Å². The molecule has 1 heteroatoms. The Hall–Kier alpha value is -0.560. The van der Waals surface area contributed by atoms with Crippen LogP contribution in [0.25, 0.3) is 6.08 Å². The lowest BCUT2D eigenvalue weighted by molar-refractivity contribution is 0.638. The molecule has 0 radical (unpaired) electrons. The van der Waals surface area contributed by atoms with E-state index in [-0.39, 0.29) is 0 Å². The lowest BCUT2D eigenvalue weighted by atomic mass is 10.1. The van der Waals surface area contributed by atoms with Crippen molar-refractivity contribution in [3.05, 3.63) is 40.4 Å². The van der Waals surface area contributed by atoms with Gasteiger partial charge in [-0.15, -0.1) is 0 Å². The fourth-order valence-electron chi connectivity index (χ4n) is 1.70. The van der Waals surface area contributed by atoms with E-state index in [0.717, 1.165) is 4.47 Å². The highest BCUT2D eigenvalue weighted by Gasteiger charge is 1.89. The van der Waals surface area contributed by atoms with Crippen LogP contribution in [0.15, 0.2) is 34.8 Å². The van der Waals surface area contributed by atoms with Crippen LogP contribution >= 0.6 is 15.9 Å². The van der Waals surface area contributed by atoms with Crippen molar-refractivity contribution in [1.29, 1.82) is 0 Å². The number of unbranched alkanes of at least 4 members (excludes halogenated alkanes) is 5. The maximum Gasteiger partial charge on any atom is 0.0181 e. The molecule has 0 unspecified atom stereocenters. The summed E-state index contributed by atoms with van der Waals surface area (Å²) >= 11 is 3.48. The van der Waals surface area contributed by atoms with Crippen molar-refractivity contribution in [2.24, 2.45) is 0 Å². The first kappa shape index (κ1) is 13.5. The Labute approximate surface area is 108 Å². The van der Waals surface area contributed by atoms with Crippen LogP contribution < -0.4 is 0 Å². The lowest BCUT2D eigenvalue weighted by Gasteiger charge is -1.97. The molecule has 1 aromatic carbocycles. The fraction of sp³-hybridized carbons (Fsp3) is 0.467. The van der Waals surface area contributed by atoms with E-state index in [1.54, 1.807) is 0 Å². The summed E-state index contributed by atoms with van der Waals surface area (Å²) in [5.41, 5.74) is 1.28. The molecule has 0 aliphatic heterocycles. The SMILES string of the molecule is CCCCCCCC=Cc1cccc(Br)c1. The molecule has 1 aromatic rings. The van der Waals surface area contributed by atoms with Gasteiger partial charge in [0.1, 0.15) is 0 Å². The molecule has 0 saturated carbocycles. The summed E-state index contributed by atoms with van der Waals surface area (Å²) in [5.74, 6) is 0. The van der Waals surface area contributed by atoms with Gasteiger partial charge in [0.15, 0.2) is 0 Å². The molecular formula is C15H21Br. The van der Waals surface area contributed by atoms with Crippen LogP contribution in [-0.4, -0.2) is 0 Å². The second-order valence-electron chi connectivity index (χ2n) is 4.16. The highest BCUT2D eigenvalue weighted by molar-refractivity contribution is 9.10. The van der Waals surface area contributed by atoms with Gasteiger partial charge in [0.25, 0.3) is 0 Å². The largest absolute Gasteiger partial charge is 0.0839 e. The molecule has 0 spiro atoms. The maximum atomic E-state index is 3.48. The van der Waals surface area contributed by atoms with E-state index < -0.39 is 0 Å². The first-order chi connectivity index (χ1) is 7.83. The minimum Gasteiger partial charge on any atom is -0.0839 e. The monoisotopic (exact) mass is 280 g/mol. The number of halogens is 1. The molecule has 0 atom stereocenters. The molecule has 16 heavy (non-hydrogen) atoms. The zero-order chi connectivity index (χ0) is 11.6. The van der Waals surface area contributed by atoms with Crippen molar-refractivity contribution < 1.29 is 0 Å². The topological polar surface area (TPSA) is 0 Å². The van der Waals surface area contributed by atoms with Gasteiger partial charge in [-0.25, -0.2) is 0 Å². The van der Waals surface area contributed by atoms with Gasteiger partial charge in [-0.05, 0) is 30.5 Å². The zero-order valence-electron chi connectivity index (χ0n) is 10.1. The first-order valence-electron chi connectivity index (χ1n) is 6.25. The summed E-state index contributed by atoms with van der Waals surface area (Å²) in [5, 5.41) is 0. The lowest BCUT2D eigenvalue weighted by Crippen LogP contribution is -1.76. The Balaban J connectivity index is 2.17. The minimum absolute atomic E-state index is 1.15. The molecular weight excluding hydrogens is 260 g/mol. The Morgan fingerprint density at radius 1 is 1.12 bits per heavy atom. The standard InChI is InChI=1S/C15H21Br/c1-2-3-4-5-6-7-8-10-14-11-9-12-15(16)13-14/h8-13H,2-7H2,1H3. The molecule has 1 rings (SSSR count). The molecule has 0 fully saturated rings. The second-order valence-corrected chi connectivity index (χ2v) is 5.08. The fourth-order valence-corrected chi connectivity index (χ4v) is 2.11. The Morgan fingerprint density at radius 2 is 1.94 bits per heavy atom. The summed E-state index contributed by atoms with van der Waals surface area (Å²) in [6.45, 7) is 2.26.